The van der Waals surface area contributed by atoms with Gasteiger partial charge >= 0.3 is 6.03 Å². The molecule has 29 heavy (non-hydrogen) atoms. The molecule has 1 heterocycles. The highest BCUT2D eigenvalue weighted by atomic mass is 19.1. The summed E-state index contributed by atoms with van der Waals surface area (Å²) in [5.74, 6) is -0.577. The minimum absolute atomic E-state index is 0.184. The lowest BCUT2D eigenvalue weighted by Gasteiger charge is -2.36. The van der Waals surface area contributed by atoms with E-state index in [1.165, 1.54) is 6.07 Å². The van der Waals surface area contributed by atoms with Crippen LogP contribution in [0.25, 0.3) is 0 Å². The number of phenolic OH excluding ortho intramolecular Hbond substituents is 1. The number of piperazine rings is 1. The maximum atomic E-state index is 13.5. The minimum atomic E-state index is -0.421. The van der Waals surface area contributed by atoms with Gasteiger partial charge in [-0.25, -0.2) is 9.18 Å². The van der Waals surface area contributed by atoms with E-state index in [0.717, 1.165) is 5.69 Å². The Morgan fingerprint density at radius 2 is 1.76 bits per heavy atom. The summed E-state index contributed by atoms with van der Waals surface area (Å²) in [7, 11) is 0. The molecule has 2 aromatic rings. The van der Waals surface area contributed by atoms with Crippen LogP contribution in [0.3, 0.4) is 0 Å². The standard InChI is InChI=1S/C21H25FN4O3/c1-15-5-6-16(13-19(15)22)20(28)23-7-8-24-21(29)26-11-9-25(10-12-26)17-3-2-4-18(27)14-17/h2-6,13-14,27H,7-12H2,1H3,(H,23,28)(H,24,29). The lowest BCUT2D eigenvalue weighted by atomic mass is 10.1. The van der Waals surface area contributed by atoms with Gasteiger partial charge in [0.05, 0.1) is 0 Å². The number of phenols is 1. The van der Waals surface area contributed by atoms with Gasteiger partial charge in [0.2, 0.25) is 0 Å². The number of carbonyl (C=O) groups excluding carboxylic acids is 2. The quantitative estimate of drug-likeness (QED) is 0.671. The maximum Gasteiger partial charge on any atom is 0.317 e. The molecule has 0 saturated carbocycles. The molecule has 0 unspecified atom stereocenters. The molecule has 0 aromatic heterocycles. The molecule has 0 aliphatic carbocycles. The van der Waals surface area contributed by atoms with Gasteiger partial charge in [0.25, 0.3) is 5.91 Å². The van der Waals surface area contributed by atoms with Crippen LogP contribution >= 0.6 is 0 Å². The average Bonchev–Trinajstić information content (AvgIpc) is 2.73. The molecule has 0 atom stereocenters. The second-order valence-corrected chi connectivity index (χ2v) is 6.95. The van der Waals surface area contributed by atoms with Gasteiger partial charge in [0.1, 0.15) is 11.6 Å². The van der Waals surface area contributed by atoms with Crippen molar-refractivity contribution < 1.29 is 19.1 Å². The van der Waals surface area contributed by atoms with Gasteiger partial charge in [0.15, 0.2) is 0 Å². The molecule has 1 aliphatic rings. The number of halogens is 1. The first kappa shape index (κ1) is 20.4. The molecule has 154 valence electrons. The van der Waals surface area contributed by atoms with Crippen LogP contribution in [0.5, 0.6) is 5.75 Å². The molecular formula is C21H25FN4O3. The Labute approximate surface area is 169 Å². The monoisotopic (exact) mass is 400 g/mol. The van der Waals surface area contributed by atoms with Crippen LogP contribution in [-0.4, -0.2) is 61.2 Å². The zero-order valence-corrected chi connectivity index (χ0v) is 16.3. The van der Waals surface area contributed by atoms with E-state index in [9.17, 15) is 19.1 Å². The van der Waals surface area contributed by atoms with Crippen molar-refractivity contribution in [3.8, 4) is 5.75 Å². The van der Waals surface area contributed by atoms with Crippen molar-refractivity contribution in [2.45, 2.75) is 6.92 Å². The van der Waals surface area contributed by atoms with Gasteiger partial charge in [-0.1, -0.05) is 12.1 Å². The SMILES string of the molecule is Cc1ccc(C(=O)NCCNC(=O)N2CCN(c3cccc(O)c3)CC2)cc1F. The van der Waals surface area contributed by atoms with E-state index in [-0.39, 0.29) is 36.3 Å². The van der Waals surface area contributed by atoms with E-state index in [4.69, 9.17) is 0 Å². The summed E-state index contributed by atoms with van der Waals surface area (Å²) >= 11 is 0. The second-order valence-electron chi connectivity index (χ2n) is 6.95. The molecule has 0 spiro atoms. The minimum Gasteiger partial charge on any atom is -0.508 e. The first-order valence-corrected chi connectivity index (χ1v) is 9.55. The third-order valence-electron chi connectivity index (χ3n) is 4.88. The van der Waals surface area contributed by atoms with Crippen molar-refractivity contribution in [3.05, 3.63) is 59.4 Å². The van der Waals surface area contributed by atoms with Crippen LogP contribution in [0, 0.1) is 12.7 Å². The van der Waals surface area contributed by atoms with Crippen molar-refractivity contribution in [2.75, 3.05) is 44.2 Å². The molecule has 3 amide bonds. The lowest BCUT2D eigenvalue weighted by Crippen LogP contribution is -2.52. The number of hydrogen-bond donors (Lipinski definition) is 3. The fourth-order valence-corrected chi connectivity index (χ4v) is 3.15. The van der Waals surface area contributed by atoms with Crippen molar-refractivity contribution >= 4 is 17.6 Å². The molecular weight excluding hydrogens is 375 g/mol. The van der Waals surface area contributed by atoms with Crippen LogP contribution in [0.15, 0.2) is 42.5 Å². The smallest absolute Gasteiger partial charge is 0.317 e. The molecule has 3 N–H and O–H groups in total. The molecule has 0 bridgehead atoms. The predicted octanol–water partition coefficient (Wildman–Crippen LogP) is 2.10. The first-order chi connectivity index (χ1) is 13.9. The van der Waals surface area contributed by atoms with Gasteiger partial charge in [-0.3, -0.25) is 4.79 Å². The summed E-state index contributed by atoms with van der Waals surface area (Å²) in [6, 6.07) is 11.2. The highest BCUT2D eigenvalue weighted by molar-refractivity contribution is 5.94. The zero-order valence-electron chi connectivity index (χ0n) is 16.3. The number of hydrogen-bond acceptors (Lipinski definition) is 4. The van der Waals surface area contributed by atoms with E-state index in [2.05, 4.69) is 15.5 Å². The molecule has 1 fully saturated rings. The zero-order chi connectivity index (χ0) is 20.8. The number of anilines is 1. The number of nitrogens with one attached hydrogen (secondary N) is 2. The van der Waals surface area contributed by atoms with Crippen molar-refractivity contribution in [1.29, 1.82) is 0 Å². The Balaban J connectivity index is 1.38. The Morgan fingerprint density at radius 1 is 1.03 bits per heavy atom. The number of aromatic hydroxyl groups is 1. The van der Waals surface area contributed by atoms with Crippen LogP contribution in [-0.2, 0) is 0 Å². The highest BCUT2D eigenvalue weighted by Crippen LogP contribution is 2.21. The Kier molecular flexibility index (Phi) is 6.54. The average molecular weight is 400 g/mol. The Bertz CT molecular complexity index is 882. The summed E-state index contributed by atoms with van der Waals surface area (Å²) in [5.41, 5.74) is 1.67. The van der Waals surface area contributed by atoms with Gasteiger partial charge in [0, 0.05) is 56.6 Å². The number of nitrogens with zero attached hydrogens (tertiary/aromatic N) is 2. The second kappa shape index (κ2) is 9.27. The Morgan fingerprint density at radius 3 is 2.45 bits per heavy atom. The normalized spacial score (nSPS) is 13.9. The van der Waals surface area contributed by atoms with E-state index in [1.54, 1.807) is 42.2 Å². The number of aryl methyl sites for hydroxylation is 1. The molecule has 7 nitrogen and oxygen atoms in total. The Hall–Kier alpha value is -3.29. The van der Waals surface area contributed by atoms with Gasteiger partial charge in [-0.2, -0.15) is 0 Å². The summed E-state index contributed by atoms with van der Waals surface area (Å²) in [4.78, 5) is 28.1. The highest BCUT2D eigenvalue weighted by Gasteiger charge is 2.21. The maximum absolute atomic E-state index is 13.5. The van der Waals surface area contributed by atoms with Crippen molar-refractivity contribution in [1.82, 2.24) is 15.5 Å². The number of amides is 3. The summed E-state index contributed by atoms with van der Waals surface area (Å²) in [6.45, 7) is 4.65. The molecule has 2 aromatic carbocycles. The predicted molar refractivity (Wildman–Crippen MR) is 109 cm³/mol. The van der Waals surface area contributed by atoms with Crippen molar-refractivity contribution in [3.63, 3.8) is 0 Å². The van der Waals surface area contributed by atoms with Crippen LogP contribution in [0.4, 0.5) is 14.9 Å². The lowest BCUT2D eigenvalue weighted by molar-refractivity contribution is 0.0953. The van der Waals surface area contributed by atoms with E-state index >= 15 is 0 Å². The molecule has 8 heteroatoms. The molecule has 0 radical (unpaired) electrons. The van der Waals surface area contributed by atoms with Gasteiger partial charge in [-0.05, 0) is 36.8 Å². The molecule has 3 rings (SSSR count). The van der Waals surface area contributed by atoms with E-state index in [1.807, 2.05) is 6.07 Å². The fourth-order valence-electron chi connectivity index (χ4n) is 3.15. The topological polar surface area (TPSA) is 84.9 Å². The summed E-state index contributed by atoms with van der Waals surface area (Å²) < 4.78 is 13.5. The third-order valence-corrected chi connectivity index (χ3v) is 4.88. The van der Waals surface area contributed by atoms with E-state index in [0.29, 0.717) is 31.7 Å². The van der Waals surface area contributed by atoms with Gasteiger partial charge in [-0.15, -0.1) is 0 Å². The third kappa shape index (κ3) is 5.37. The van der Waals surface area contributed by atoms with Crippen LogP contribution in [0.1, 0.15) is 15.9 Å². The fraction of sp³-hybridized carbons (Fsp3) is 0.333. The number of urea groups is 1. The number of rotatable bonds is 5. The number of benzene rings is 2. The molecule has 1 aliphatic heterocycles. The summed E-state index contributed by atoms with van der Waals surface area (Å²) in [5, 5.41) is 15.0. The largest absolute Gasteiger partial charge is 0.508 e. The van der Waals surface area contributed by atoms with Crippen molar-refractivity contribution in [2.24, 2.45) is 0 Å². The first-order valence-electron chi connectivity index (χ1n) is 9.55. The van der Waals surface area contributed by atoms with Gasteiger partial charge < -0.3 is 25.5 Å². The summed E-state index contributed by atoms with van der Waals surface area (Å²) in [6.07, 6.45) is 0. The molecule has 1 saturated heterocycles. The van der Waals surface area contributed by atoms with Crippen LogP contribution < -0.4 is 15.5 Å². The number of carbonyl (C=O) groups is 2. The van der Waals surface area contributed by atoms with E-state index < -0.39 is 5.82 Å². The van der Waals surface area contributed by atoms with Crippen LogP contribution in [0.2, 0.25) is 0 Å².